The summed E-state index contributed by atoms with van der Waals surface area (Å²) < 4.78 is 39.3. The van der Waals surface area contributed by atoms with E-state index in [0.29, 0.717) is 35.8 Å². The molecule has 3 aromatic carbocycles. The highest BCUT2D eigenvalue weighted by Crippen LogP contribution is 2.34. The van der Waals surface area contributed by atoms with Crippen LogP contribution in [0, 0.1) is 0 Å². The molecule has 0 bridgehead atoms. The summed E-state index contributed by atoms with van der Waals surface area (Å²) in [5, 5.41) is 34.8. The summed E-state index contributed by atoms with van der Waals surface area (Å²) in [6.45, 7) is 5.34. The molecule has 1 amide bonds. The number of rotatable bonds is 9. The molecule has 6 rings (SSSR count). The monoisotopic (exact) mass is 705 g/mol. The number of ether oxygens (including phenoxy) is 6. The minimum atomic E-state index is -1.74. The molecule has 270 valence electrons. The van der Waals surface area contributed by atoms with Gasteiger partial charge in [-0.3, -0.25) is 4.79 Å². The quantitative estimate of drug-likeness (QED) is 0.186. The second-order valence-corrected chi connectivity index (χ2v) is 13.1. The standard InChI is InChI=1S/C37H39NO13/c1-37(2,3)51-36(44)38-25(15-20-7-5-4-6-8-20)34(43)48-19-29-31(40)32(41)33(42)35(50-29)49-22-10-11-23-27(17-22)47-18-24(30(23)39)21-9-12-26-28(16-21)46-14-13-45-26/h4-12,16-18,25,29,31-33,35,40-42H,13-15,19H2,1-3H3,(H,38,44)/t25-,29?,31?,32?,33?,35?/m1/s1. The summed E-state index contributed by atoms with van der Waals surface area (Å²) >= 11 is 0. The molecular formula is C37H39NO13. The van der Waals surface area contributed by atoms with Crippen LogP contribution < -0.4 is 25.0 Å². The molecule has 6 atom stereocenters. The normalized spacial score (nSPS) is 22.1. The maximum Gasteiger partial charge on any atom is 0.408 e. The number of nitrogens with one attached hydrogen (secondary N) is 1. The van der Waals surface area contributed by atoms with Gasteiger partial charge in [-0.25, -0.2) is 9.59 Å². The Hall–Kier alpha value is -5.15. The molecule has 0 aliphatic carbocycles. The van der Waals surface area contributed by atoms with Gasteiger partial charge in [-0.05, 0) is 56.2 Å². The molecule has 4 N–H and O–H groups in total. The summed E-state index contributed by atoms with van der Waals surface area (Å²) in [6.07, 6.45) is -7.38. The van der Waals surface area contributed by atoms with E-state index in [0.717, 1.165) is 5.56 Å². The van der Waals surface area contributed by atoms with Gasteiger partial charge in [0.25, 0.3) is 0 Å². The highest BCUT2D eigenvalue weighted by molar-refractivity contribution is 5.83. The van der Waals surface area contributed by atoms with Crippen molar-refractivity contribution in [1.82, 2.24) is 5.32 Å². The Kier molecular flexibility index (Phi) is 10.5. The number of hydrogen-bond donors (Lipinski definition) is 4. The lowest BCUT2D eigenvalue weighted by Crippen LogP contribution is -2.60. The van der Waals surface area contributed by atoms with Gasteiger partial charge in [0.15, 0.2) is 16.9 Å². The van der Waals surface area contributed by atoms with E-state index >= 15 is 0 Å². The Balaban J connectivity index is 1.13. The van der Waals surface area contributed by atoms with Gasteiger partial charge in [-0.15, -0.1) is 0 Å². The Morgan fingerprint density at radius 2 is 1.67 bits per heavy atom. The van der Waals surface area contributed by atoms with E-state index in [2.05, 4.69) is 5.32 Å². The van der Waals surface area contributed by atoms with E-state index in [1.54, 1.807) is 63.2 Å². The van der Waals surface area contributed by atoms with Crippen LogP contribution in [0.2, 0.25) is 0 Å². The van der Waals surface area contributed by atoms with Crippen molar-refractivity contribution in [2.75, 3.05) is 19.8 Å². The van der Waals surface area contributed by atoms with Crippen molar-refractivity contribution in [1.29, 1.82) is 0 Å². The molecule has 4 aromatic rings. The van der Waals surface area contributed by atoms with Crippen LogP contribution in [0.3, 0.4) is 0 Å². The highest BCUT2D eigenvalue weighted by atomic mass is 16.7. The number of alkyl carbamates (subject to hydrolysis) is 1. The van der Waals surface area contributed by atoms with Crippen LogP contribution >= 0.6 is 0 Å². The summed E-state index contributed by atoms with van der Waals surface area (Å²) in [4.78, 5) is 39.2. The lowest BCUT2D eigenvalue weighted by atomic mass is 9.99. The van der Waals surface area contributed by atoms with Crippen LogP contribution in [0.25, 0.3) is 22.1 Å². The van der Waals surface area contributed by atoms with Crippen LogP contribution in [0.4, 0.5) is 4.79 Å². The first-order valence-electron chi connectivity index (χ1n) is 16.4. The summed E-state index contributed by atoms with van der Waals surface area (Å²) in [7, 11) is 0. The molecular weight excluding hydrogens is 666 g/mol. The number of carbonyl (C=O) groups excluding carboxylic acids is 2. The Labute approximate surface area is 292 Å². The van der Waals surface area contributed by atoms with E-state index in [1.807, 2.05) is 6.07 Å². The lowest BCUT2D eigenvalue weighted by molar-refractivity contribution is -0.278. The van der Waals surface area contributed by atoms with Gasteiger partial charge in [0.05, 0.1) is 10.9 Å². The number of carbonyl (C=O) groups is 2. The summed E-state index contributed by atoms with van der Waals surface area (Å²) in [6, 6.07) is 17.3. The Bertz CT molecular complexity index is 1920. The zero-order chi connectivity index (χ0) is 36.3. The molecule has 14 heteroatoms. The molecule has 2 aliphatic heterocycles. The third kappa shape index (κ3) is 8.43. The van der Waals surface area contributed by atoms with Gasteiger partial charge in [-0.1, -0.05) is 36.4 Å². The van der Waals surface area contributed by atoms with Gasteiger partial charge in [0.1, 0.15) is 73.5 Å². The molecule has 5 unspecified atom stereocenters. The van der Waals surface area contributed by atoms with E-state index in [4.69, 9.17) is 32.8 Å². The number of benzene rings is 3. The maximum atomic E-state index is 13.4. The van der Waals surface area contributed by atoms with Crippen LogP contribution in [0.1, 0.15) is 26.3 Å². The van der Waals surface area contributed by atoms with Crippen molar-refractivity contribution in [3.63, 3.8) is 0 Å². The van der Waals surface area contributed by atoms with Gasteiger partial charge >= 0.3 is 12.1 Å². The Morgan fingerprint density at radius 1 is 0.922 bits per heavy atom. The minimum Gasteiger partial charge on any atom is -0.486 e. The lowest BCUT2D eigenvalue weighted by Gasteiger charge is -2.40. The fourth-order valence-electron chi connectivity index (χ4n) is 5.64. The third-order valence-electron chi connectivity index (χ3n) is 8.17. The number of hydrogen-bond acceptors (Lipinski definition) is 13. The number of amides is 1. The van der Waals surface area contributed by atoms with Crippen molar-refractivity contribution in [2.45, 2.75) is 69.5 Å². The number of aliphatic hydroxyl groups is 3. The van der Waals surface area contributed by atoms with Crippen LogP contribution in [0.5, 0.6) is 17.2 Å². The van der Waals surface area contributed by atoms with Crippen LogP contribution in [-0.4, -0.2) is 89.6 Å². The van der Waals surface area contributed by atoms with Crippen LogP contribution in [-0.2, 0) is 25.4 Å². The zero-order valence-corrected chi connectivity index (χ0v) is 28.1. The fourth-order valence-corrected chi connectivity index (χ4v) is 5.64. The first-order valence-corrected chi connectivity index (χ1v) is 16.4. The Morgan fingerprint density at radius 3 is 2.41 bits per heavy atom. The molecule has 51 heavy (non-hydrogen) atoms. The molecule has 0 spiro atoms. The van der Waals surface area contributed by atoms with E-state index in [9.17, 15) is 29.7 Å². The largest absolute Gasteiger partial charge is 0.486 e. The molecule has 1 aromatic heterocycles. The number of fused-ring (bicyclic) bond motifs is 2. The van der Waals surface area contributed by atoms with E-state index in [-0.39, 0.29) is 28.6 Å². The molecule has 14 nitrogen and oxygen atoms in total. The fraction of sp³-hybridized carbons (Fsp3) is 0.378. The average molecular weight is 706 g/mol. The SMILES string of the molecule is CC(C)(C)OC(=O)N[C@H](Cc1ccccc1)C(=O)OCC1OC(Oc2ccc3c(=O)c(-c4ccc5c(c4)OCCO5)coc3c2)C(O)C(O)C1O. The third-order valence-corrected chi connectivity index (χ3v) is 8.17. The molecule has 0 saturated carbocycles. The first kappa shape index (κ1) is 35.7. The maximum absolute atomic E-state index is 13.4. The van der Waals surface area contributed by atoms with E-state index < -0.39 is 61.0 Å². The zero-order valence-electron chi connectivity index (χ0n) is 28.1. The van der Waals surface area contributed by atoms with Crippen molar-refractivity contribution in [3.8, 4) is 28.4 Å². The van der Waals surface area contributed by atoms with Gasteiger partial charge in [0.2, 0.25) is 6.29 Å². The number of esters is 1. The van der Waals surface area contributed by atoms with E-state index in [1.165, 1.54) is 24.5 Å². The predicted octanol–water partition coefficient (Wildman–Crippen LogP) is 3.10. The molecule has 3 heterocycles. The smallest absolute Gasteiger partial charge is 0.408 e. The highest BCUT2D eigenvalue weighted by Gasteiger charge is 2.46. The van der Waals surface area contributed by atoms with Crippen molar-refractivity contribution in [3.05, 3.63) is 88.8 Å². The van der Waals surface area contributed by atoms with Gasteiger partial charge in [-0.2, -0.15) is 0 Å². The molecule has 1 saturated heterocycles. The van der Waals surface area contributed by atoms with Crippen LogP contribution in [0.15, 0.2) is 82.2 Å². The van der Waals surface area contributed by atoms with Crippen molar-refractivity contribution >= 4 is 23.0 Å². The second kappa shape index (κ2) is 15.0. The van der Waals surface area contributed by atoms with Crippen molar-refractivity contribution in [2.24, 2.45) is 0 Å². The average Bonchev–Trinajstić information content (AvgIpc) is 3.10. The topological polar surface area (TPSA) is 192 Å². The van der Waals surface area contributed by atoms with Crippen molar-refractivity contribution < 1.29 is 57.7 Å². The second-order valence-electron chi connectivity index (χ2n) is 13.1. The predicted molar refractivity (Wildman–Crippen MR) is 180 cm³/mol. The summed E-state index contributed by atoms with van der Waals surface area (Å²) in [5.74, 6) is 0.381. The molecule has 1 fully saturated rings. The summed E-state index contributed by atoms with van der Waals surface area (Å²) in [5.41, 5.74) is 0.686. The van der Waals surface area contributed by atoms with Gasteiger partial charge < -0.3 is 53.5 Å². The first-order chi connectivity index (χ1) is 24.4. The molecule has 0 radical (unpaired) electrons. The minimum absolute atomic E-state index is 0.0797. The van der Waals surface area contributed by atoms with Gasteiger partial charge in [0, 0.05) is 12.5 Å². The molecule has 2 aliphatic rings. The number of aliphatic hydroxyl groups excluding tert-OH is 3.